The zero-order chi connectivity index (χ0) is 14.2. The number of nitrogens with zero attached hydrogens (tertiary/aromatic N) is 2. The van der Waals surface area contributed by atoms with Gasteiger partial charge in [-0.3, -0.25) is 0 Å². The maximum absolute atomic E-state index is 5.78. The summed E-state index contributed by atoms with van der Waals surface area (Å²) in [6, 6.07) is 17.8. The van der Waals surface area contributed by atoms with Crippen LogP contribution in [0.15, 0.2) is 64.8 Å². The molecule has 0 aliphatic rings. The number of aromatic nitrogens is 3. The van der Waals surface area contributed by atoms with Crippen LogP contribution in [0.4, 0.5) is 5.69 Å². The number of para-hydroxylation sites is 1. The Morgan fingerprint density at radius 2 is 1.81 bits per heavy atom. The largest absolute Gasteiger partial charge is 0.399 e. The molecule has 0 radical (unpaired) electrons. The second-order valence-corrected chi connectivity index (χ2v) is 5.77. The minimum Gasteiger partial charge on any atom is -0.399 e. The Balaban J connectivity index is 1.71. The summed E-state index contributed by atoms with van der Waals surface area (Å²) in [5.74, 6) is 0. The molecule has 4 aromatic rings. The van der Waals surface area contributed by atoms with Crippen molar-refractivity contribution < 1.29 is 0 Å². The molecule has 0 bridgehead atoms. The molecule has 0 aliphatic heterocycles. The normalized spacial score (nSPS) is 11.2. The zero-order valence-electron chi connectivity index (χ0n) is 11.1. The highest BCUT2D eigenvalue weighted by Gasteiger charge is 2.06. The van der Waals surface area contributed by atoms with E-state index in [4.69, 9.17) is 5.73 Å². The molecule has 2 aromatic heterocycles. The molecule has 2 aromatic carbocycles. The average molecular weight is 292 g/mol. The summed E-state index contributed by atoms with van der Waals surface area (Å²) in [6.07, 6.45) is 0. The van der Waals surface area contributed by atoms with E-state index in [1.165, 1.54) is 11.8 Å². The SMILES string of the molecule is Nc1ccc2nc(Sc3ccc4ccccc4n3)[nH]c2c1. The Morgan fingerprint density at radius 1 is 0.905 bits per heavy atom. The molecule has 0 aliphatic carbocycles. The van der Waals surface area contributed by atoms with E-state index in [0.29, 0.717) is 0 Å². The molecule has 0 saturated carbocycles. The number of H-pyrrole nitrogens is 1. The second kappa shape index (κ2) is 4.79. The van der Waals surface area contributed by atoms with Gasteiger partial charge in [0.1, 0.15) is 5.03 Å². The van der Waals surface area contributed by atoms with Crippen LogP contribution in [0.2, 0.25) is 0 Å². The van der Waals surface area contributed by atoms with Crippen molar-refractivity contribution in [3.05, 3.63) is 54.6 Å². The molecule has 3 N–H and O–H groups in total. The van der Waals surface area contributed by atoms with Gasteiger partial charge in [-0.25, -0.2) is 9.97 Å². The van der Waals surface area contributed by atoms with Crippen LogP contribution in [-0.4, -0.2) is 15.0 Å². The van der Waals surface area contributed by atoms with Gasteiger partial charge in [-0.1, -0.05) is 24.3 Å². The van der Waals surface area contributed by atoms with Crippen molar-refractivity contribution in [3.8, 4) is 0 Å². The van der Waals surface area contributed by atoms with Gasteiger partial charge in [0.25, 0.3) is 0 Å². The van der Waals surface area contributed by atoms with E-state index in [9.17, 15) is 0 Å². The molecule has 0 unspecified atom stereocenters. The van der Waals surface area contributed by atoms with Gasteiger partial charge in [-0.05, 0) is 42.1 Å². The van der Waals surface area contributed by atoms with Gasteiger partial charge in [0.15, 0.2) is 5.16 Å². The van der Waals surface area contributed by atoms with Gasteiger partial charge in [-0.15, -0.1) is 0 Å². The number of fused-ring (bicyclic) bond motifs is 2. The first-order valence-electron chi connectivity index (χ1n) is 6.57. The van der Waals surface area contributed by atoms with Gasteiger partial charge in [0.2, 0.25) is 0 Å². The van der Waals surface area contributed by atoms with Crippen LogP contribution in [0.1, 0.15) is 0 Å². The van der Waals surface area contributed by atoms with Crippen molar-refractivity contribution in [1.29, 1.82) is 0 Å². The number of imidazole rings is 1. The Hall–Kier alpha value is -2.53. The molecule has 0 amide bonds. The van der Waals surface area contributed by atoms with Gasteiger partial charge in [0, 0.05) is 11.1 Å². The summed E-state index contributed by atoms with van der Waals surface area (Å²) in [6.45, 7) is 0. The molecule has 0 fully saturated rings. The number of nitrogens with one attached hydrogen (secondary N) is 1. The fraction of sp³-hybridized carbons (Fsp3) is 0. The third-order valence-corrected chi connectivity index (χ3v) is 4.08. The number of pyridine rings is 1. The summed E-state index contributed by atoms with van der Waals surface area (Å²) in [4.78, 5) is 12.4. The summed E-state index contributed by atoms with van der Waals surface area (Å²) >= 11 is 1.52. The monoisotopic (exact) mass is 292 g/mol. The number of hydrogen-bond donors (Lipinski definition) is 2. The Morgan fingerprint density at radius 3 is 2.76 bits per heavy atom. The summed E-state index contributed by atoms with van der Waals surface area (Å²) in [7, 11) is 0. The van der Waals surface area contributed by atoms with Crippen molar-refractivity contribution >= 4 is 39.4 Å². The van der Waals surface area contributed by atoms with E-state index >= 15 is 0 Å². The lowest BCUT2D eigenvalue weighted by Crippen LogP contribution is -1.83. The Bertz CT molecular complexity index is 945. The Kier molecular flexibility index (Phi) is 2.79. The Labute approximate surface area is 125 Å². The zero-order valence-corrected chi connectivity index (χ0v) is 11.9. The lowest BCUT2D eigenvalue weighted by Gasteiger charge is -2.00. The number of aromatic amines is 1. The van der Waals surface area contributed by atoms with E-state index in [2.05, 4.69) is 27.1 Å². The quantitative estimate of drug-likeness (QED) is 0.551. The van der Waals surface area contributed by atoms with Crippen molar-refractivity contribution in [3.63, 3.8) is 0 Å². The van der Waals surface area contributed by atoms with Gasteiger partial charge in [0.05, 0.1) is 16.6 Å². The van der Waals surface area contributed by atoms with E-state index in [-0.39, 0.29) is 0 Å². The lowest BCUT2D eigenvalue weighted by molar-refractivity contribution is 1.07. The average Bonchev–Trinajstić information content (AvgIpc) is 2.88. The molecule has 5 heteroatoms. The van der Waals surface area contributed by atoms with Gasteiger partial charge < -0.3 is 10.7 Å². The van der Waals surface area contributed by atoms with Crippen LogP contribution >= 0.6 is 11.8 Å². The smallest absolute Gasteiger partial charge is 0.172 e. The van der Waals surface area contributed by atoms with Crippen LogP contribution in [0.5, 0.6) is 0 Å². The molecule has 2 heterocycles. The number of anilines is 1. The number of rotatable bonds is 2. The number of nitrogen functional groups attached to an aromatic ring is 1. The minimum atomic E-state index is 0.728. The number of hydrogen-bond acceptors (Lipinski definition) is 4. The highest BCUT2D eigenvalue weighted by atomic mass is 32.2. The van der Waals surface area contributed by atoms with Crippen LogP contribution in [0, 0.1) is 0 Å². The fourth-order valence-corrected chi connectivity index (χ4v) is 3.04. The number of nitrogens with two attached hydrogens (primary N) is 1. The van der Waals surface area contributed by atoms with E-state index < -0.39 is 0 Å². The molecule has 4 rings (SSSR count). The van der Waals surface area contributed by atoms with E-state index in [1.54, 1.807) is 0 Å². The maximum atomic E-state index is 5.78. The van der Waals surface area contributed by atoms with Crippen LogP contribution < -0.4 is 5.73 Å². The van der Waals surface area contributed by atoms with Crippen molar-refractivity contribution in [2.45, 2.75) is 10.2 Å². The molecule has 0 atom stereocenters. The summed E-state index contributed by atoms with van der Waals surface area (Å²) in [5, 5.41) is 2.87. The van der Waals surface area contributed by atoms with Crippen molar-refractivity contribution in [1.82, 2.24) is 15.0 Å². The highest BCUT2D eigenvalue weighted by Crippen LogP contribution is 2.27. The first-order valence-corrected chi connectivity index (χ1v) is 7.38. The van der Waals surface area contributed by atoms with E-state index in [1.807, 2.05) is 42.5 Å². The third kappa shape index (κ3) is 2.32. The highest BCUT2D eigenvalue weighted by molar-refractivity contribution is 7.99. The molecule has 102 valence electrons. The van der Waals surface area contributed by atoms with Gasteiger partial charge >= 0.3 is 0 Å². The molecule has 21 heavy (non-hydrogen) atoms. The van der Waals surface area contributed by atoms with Crippen molar-refractivity contribution in [2.24, 2.45) is 0 Å². The van der Waals surface area contributed by atoms with E-state index in [0.717, 1.165) is 37.8 Å². The standard InChI is InChI=1S/C16H12N4S/c17-11-6-7-13-14(9-11)20-16(19-13)21-15-8-5-10-3-1-2-4-12(10)18-15/h1-9H,17H2,(H,19,20). The van der Waals surface area contributed by atoms with Crippen LogP contribution in [-0.2, 0) is 0 Å². The fourth-order valence-electron chi connectivity index (χ4n) is 2.26. The van der Waals surface area contributed by atoms with Gasteiger partial charge in [-0.2, -0.15) is 0 Å². The predicted molar refractivity (Wildman–Crippen MR) is 86.4 cm³/mol. The molecule has 4 nitrogen and oxygen atoms in total. The first kappa shape index (κ1) is 12.2. The third-order valence-electron chi connectivity index (χ3n) is 3.26. The van der Waals surface area contributed by atoms with Crippen LogP contribution in [0.25, 0.3) is 21.9 Å². The molecular formula is C16H12N4S. The summed E-state index contributed by atoms with van der Waals surface area (Å²) < 4.78 is 0. The summed E-state index contributed by atoms with van der Waals surface area (Å²) in [5.41, 5.74) is 9.35. The predicted octanol–water partition coefficient (Wildman–Crippen LogP) is 3.84. The molecular weight excluding hydrogens is 280 g/mol. The minimum absolute atomic E-state index is 0.728. The topological polar surface area (TPSA) is 67.6 Å². The maximum Gasteiger partial charge on any atom is 0.172 e. The molecule has 0 spiro atoms. The van der Waals surface area contributed by atoms with Crippen molar-refractivity contribution in [2.75, 3.05) is 5.73 Å². The second-order valence-electron chi connectivity index (χ2n) is 4.76. The molecule has 0 saturated heterocycles. The first-order chi connectivity index (χ1) is 10.3. The van der Waals surface area contributed by atoms with Crippen LogP contribution in [0.3, 0.4) is 0 Å². The lowest BCUT2D eigenvalue weighted by atomic mass is 10.2. The number of benzene rings is 2.